The van der Waals surface area contributed by atoms with Crippen LogP contribution in [0.4, 0.5) is 5.82 Å². The van der Waals surface area contributed by atoms with Gasteiger partial charge in [-0.3, -0.25) is 4.79 Å². The zero-order valence-electron chi connectivity index (χ0n) is 11.5. The molecular weight excluding hydrogens is 258 g/mol. The van der Waals surface area contributed by atoms with E-state index in [0.717, 1.165) is 12.8 Å². The minimum atomic E-state index is -0.241. The highest BCUT2D eigenvalue weighted by Gasteiger charge is 2.15. The number of amides is 1. The molecule has 7 nitrogen and oxygen atoms in total. The van der Waals surface area contributed by atoms with Crippen LogP contribution in [0.1, 0.15) is 43.1 Å². The van der Waals surface area contributed by atoms with Gasteiger partial charge in [0.05, 0.1) is 6.33 Å². The van der Waals surface area contributed by atoms with Crippen LogP contribution in [0.25, 0.3) is 11.6 Å². The Morgan fingerprint density at radius 3 is 3.00 bits per heavy atom. The SMILES string of the molecule is CCCCCCNC(=O)c1coc(-c2[nH]cnc2N)n1. The van der Waals surface area contributed by atoms with Gasteiger partial charge in [0.15, 0.2) is 11.5 Å². The number of anilines is 1. The Labute approximate surface area is 117 Å². The summed E-state index contributed by atoms with van der Waals surface area (Å²) in [5, 5.41) is 2.81. The molecule has 0 saturated heterocycles. The molecule has 7 heteroatoms. The molecule has 0 unspecified atom stereocenters. The van der Waals surface area contributed by atoms with Gasteiger partial charge in [-0.1, -0.05) is 26.2 Å². The van der Waals surface area contributed by atoms with Gasteiger partial charge in [-0.25, -0.2) is 9.97 Å². The number of hydrogen-bond donors (Lipinski definition) is 3. The summed E-state index contributed by atoms with van der Waals surface area (Å²) in [7, 11) is 0. The average Bonchev–Trinajstić information content (AvgIpc) is 3.06. The molecule has 0 fully saturated rings. The number of unbranched alkanes of at least 4 members (excludes halogenated alkanes) is 3. The first-order valence-electron chi connectivity index (χ1n) is 6.75. The molecule has 0 bridgehead atoms. The Balaban J connectivity index is 1.89. The van der Waals surface area contributed by atoms with Gasteiger partial charge in [-0.15, -0.1) is 0 Å². The fourth-order valence-electron chi connectivity index (χ4n) is 1.81. The molecule has 0 spiro atoms. The summed E-state index contributed by atoms with van der Waals surface area (Å²) in [6.45, 7) is 2.80. The minimum absolute atomic E-state index is 0.240. The Bertz CT molecular complexity index is 561. The van der Waals surface area contributed by atoms with Crippen molar-refractivity contribution in [3.63, 3.8) is 0 Å². The van der Waals surface area contributed by atoms with Crippen molar-refractivity contribution in [2.24, 2.45) is 0 Å². The minimum Gasteiger partial charge on any atom is -0.442 e. The Morgan fingerprint density at radius 2 is 2.30 bits per heavy atom. The third kappa shape index (κ3) is 3.37. The predicted molar refractivity (Wildman–Crippen MR) is 75.0 cm³/mol. The Hall–Kier alpha value is -2.31. The van der Waals surface area contributed by atoms with Gasteiger partial charge in [0.2, 0.25) is 5.89 Å². The van der Waals surface area contributed by atoms with Crippen LogP contribution in [0.15, 0.2) is 17.0 Å². The van der Waals surface area contributed by atoms with Crippen LogP contribution in [0.5, 0.6) is 0 Å². The second-order valence-electron chi connectivity index (χ2n) is 4.52. The Kier molecular flexibility index (Phi) is 4.75. The van der Waals surface area contributed by atoms with Crippen molar-refractivity contribution in [3.8, 4) is 11.6 Å². The van der Waals surface area contributed by atoms with E-state index in [2.05, 4.69) is 27.2 Å². The molecule has 2 rings (SSSR count). The smallest absolute Gasteiger partial charge is 0.273 e. The number of carbonyl (C=O) groups is 1. The van der Waals surface area contributed by atoms with E-state index >= 15 is 0 Å². The van der Waals surface area contributed by atoms with Crippen molar-refractivity contribution in [2.75, 3.05) is 12.3 Å². The van der Waals surface area contributed by atoms with E-state index < -0.39 is 0 Å². The molecule has 0 aliphatic rings. The number of nitrogens with zero attached hydrogens (tertiary/aromatic N) is 2. The first-order valence-corrected chi connectivity index (χ1v) is 6.75. The van der Waals surface area contributed by atoms with Gasteiger partial charge in [0.1, 0.15) is 12.0 Å². The van der Waals surface area contributed by atoms with Crippen LogP contribution in [0, 0.1) is 0 Å². The summed E-state index contributed by atoms with van der Waals surface area (Å²) >= 11 is 0. The molecule has 108 valence electrons. The lowest BCUT2D eigenvalue weighted by Gasteiger charge is -2.01. The molecule has 1 amide bonds. The van der Waals surface area contributed by atoms with Crippen LogP contribution in [0.3, 0.4) is 0 Å². The second-order valence-corrected chi connectivity index (χ2v) is 4.52. The lowest BCUT2D eigenvalue weighted by molar-refractivity contribution is 0.0948. The summed E-state index contributed by atoms with van der Waals surface area (Å²) in [6, 6.07) is 0. The summed E-state index contributed by atoms with van der Waals surface area (Å²) < 4.78 is 5.23. The molecule has 0 saturated carbocycles. The lowest BCUT2D eigenvalue weighted by atomic mass is 10.2. The van der Waals surface area contributed by atoms with E-state index in [1.165, 1.54) is 25.4 Å². The summed E-state index contributed by atoms with van der Waals surface area (Å²) in [5.74, 6) is 0.309. The fourth-order valence-corrected chi connectivity index (χ4v) is 1.81. The van der Waals surface area contributed by atoms with Gasteiger partial charge in [0.25, 0.3) is 5.91 Å². The topological polar surface area (TPSA) is 110 Å². The molecule has 2 aromatic heterocycles. The molecular formula is C13H19N5O2. The van der Waals surface area contributed by atoms with E-state index in [-0.39, 0.29) is 17.5 Å². The molecule has 0 aliphatic carbocycles. The maximum Gasteiger partial charge on any atom is 0.273 e. The quantitative estimate of drug-likeness (QED) is 0.670. The number of carbonyl (C=O) groups excluding carboxylic acids is 1. The van der Waals surface area contributed by atoms with E-state index in [4.69, 9.17) is 10.2 Å². The predicted octanol–water partition coefficient (Wildman–Crippen LogP) is 1.96. The number of rotatable bonds is 7. The second kappa shape index (κ2) is 6.74. The normalized spacial score (nSPS) is 10.7. The molecule has 0 aliphatic heterocycles. The van der Waals surface area contributed by atoms with Crippen LogP contribution in [-0.2, 0) is 0 Å². The average molecular weight is 277 g/mol. The maximum absolute atomic E-state index is 11.9. The van der Waals surface area contributed by atoms with Gasteiger partial charge < -0.3 is 20.5 Å². The van der Waals surface area contributed by atoms with Crippen molar-refractivity contribution in [1.82, 2.24) is 20.3 Å². The van der Waals surface area contributed by atoms with Gasteiger partial charge >= 0.3 is 0 Å². The molecule has 4 N–H and O–H groups in total. The molecule has 2 heterocycles. The van der Waals surface area contributed by atoms with E-state index in [0.29, 0.717) is 18.1 Å². The van der Waals surface area contributed by atoms with Crippen LogP contribution >= 0.6 is 0 Å². The van der Waals surface area contributed by atoms with Gasteiger partial charge in [0, 0.05) is 6.54 Å². The van der Waals surface area contributed by atoms with E-state index in [1.807, 2.05) is 0 Å². The molecule has 20 heavy (non-hydrogen) atoms. The summed E-state index contributed by atoms with van der Waals surface area (Å²) in [6.07, 6.45) is 7.21. The largest absolute Gasteiger partial charge is 0.442 e. The molecule has 2 aromatic rings. The van der Waals surface area contributed by atoms with E-state index in [1.54, 1.807) is 0 Å². The number of oxazole rings is 1. The van der Waals surface area contributed by atoms with Crippen molar-refractivity contribution in [1.29, 1.82) is 0 Å². The fraction of sp³-hybridized carbons (Fsp3) is 0.462. The first kappa shape index (κ1) is 14.1. The van der Waals surface area contributed by atoms with Crippen molar-refractivity contribution < 1.29 is 9.21 Å². The van der Waals surface area contributed by atoms with E-state index in [9.17, 15) is 4.79 Å². The van der Waals surface area contributed by atoms with Crippen molar-refractivity contribution in [3.05, 3.63) is 18.3 Å². The number of nitrogens with one attached hydrogen (secondary N) is 2. The first-order chi connectivity index (χ1) is 9.72. The highest BCUT2D eigenvalue weighted by molar-refractivity contribution is 5.92. The van der Waals surface area contributed by atoms with Crippen LogP contribution in [0.2, 0.25) is 0 Å². The van der Waals surface area contributed by atoms with Crippen molar-refractivity contribution in [2.45, 2.75) is 32.6 Å². The maximum atomic E-state index is 11.9. The highest BCUT2D eigenvalue weighted by Crippen LogP contribution is 2.20. The monoisotopic (exact) mass is 277 g/mol. The van der Waals surface area contributed by atoms with Gasteiger partial charge in [-0.2, -0.15) is 0 Å². The third-order valence-corrected chi connectivity index (χ3v) is 2.94. The van der Waals surface area contributed by atoms with Gasteiger partial charge in [-0.05, 0) is 6.42 Å². The number of nitrogen functional groups attached to an aromatic ring is 1. The van der Waals surface area contributed by atoms with Crippen molar-refractivity contribution >= 4 is 11.7 Å². The number of aromatic amines is 1. The summed E-state index contributed by atoms with van der Waals surface area (Å²) in [4.78, 5) is 22.6. The molecule has 0 atom stereocenters. The number of imidazole rings is 1. The third-order valence-electron chi connectivity index (χ3n) is 2.94. The molecule has 0 radical (unpaired) electrons. The number of aromatic nitrogens is 3. The number of nitrogens with two attached hydrogens (primary N) is 1. The number of hydrogen-bond acceptors (Lipinski definition) is 5. The standard InChI is InChI=1S/C13H19N5O2/c1-2-3-4-5-6-15-12(19)9-7-20-13(18-9)10-11(14)17-8-16-10/h7-8H,2-6,14H2,1H3,(H,15,19)(H,16,17). The van der Waals surface area contributed by atoms with Crippen LogP contribution < -0.4 is 11.1 Å². The zero-order chi connectivity index (χ0) is 14.4. The zero-order valence-corrected chi connectivity index (χ0v) is 11.5. The lowest BCUT2D eigenvalue weighted by Crippen LogP contribution is -2.24. The number of H-pyrrole nitrogens is 1. The molecule has 0 aromatic carbocycles. The van der Waals surface area contributed by atoms with Crippen LogP contribution in [-0.4, -0.2) is 27.4 Å². The Morgan fingerprint density at radius 1 is 1.45 bits per heavy atom. The highest BCUT2D eigenvalue weighted by atomic mass is 16.3. The summed E-state index contributed by atoms with van der Waals surface area (Å²) in [5.41, 5.74) is 6.36.